The molecular weight excluding hydrogens is 527 g/mol. The lowest BCUT2D eigenvalue weighted by atomic mass is 10.0. The van der Waals surface area contributed by atoms with Crippen molar-refractivity contribution in [1.29, 1.82) is 0 Å². The number of carbonyl (C=O) groups is 2. The van der Waals surface area contributed by atoms with Gasteiger partial charge in [-0.1, -0.05) is 12.1 Å². The highest BCUT2D eigenvalue weighted by atomic mass is 127. The predicted octanol–water partition coefficient (Wildman–Crippen LogP) is 4.25. The lowest BCUT2D eigenvalue weighted by molar-refractivity contribution is 0.0399. The van der Waals surface area contributed by atoms with Crippen LogP contribution in [0, 0.1) is 9.39 Å². The molecule has 1 atom stereocenters. The highest BCUT2D eigenvalue weighted by Crippen LogP contribution is 2.19. The third-order valence-electron chi connectivity index (χ3n) is 5.30. The average molecular weight is 555 g/mol. The zero-order valence-electron chi connectivity index (χ0n) is 18.5. The molecule has 0 bridgehead atoms. The number of benzene rings is 2. The van der Waals surface area contributed by atoms with Gasteiger partial charge in [0.25, 0.3) is 11.8 Å². The Hall–Kier alpha value is -2.07. The molecule has 1 saturated heterocycles. The first-order valence-electron chi connectivity index (χ1n) is 10.5. The fraction of sp³-hybridized carbons (Fsp3) is 0.417. The zero-order valence-corrected chi connectivity index (χ0v) is 20.7. The van der Waals surface area contributed by atoms with Crippen molar-refractivity contribution in [2.75, 3.05) is 26.3 Å². The molecule has 0 spiro atoms. The first kappa shape index (κ1) is 24.6. The summed E-state index contributed by atoms with van der Waals surface area (Å²) in [4.78, 5) is 28.8. The van der Waals surface area contributed by atoms with Gasteiger partial charge in [0.2, 0.25) is 0 Å². The van der Waals surface area contributed by atoms with Crippen molar-refractivity contribution in [2.24, 2.45) is 0 Å². The molecule has 1 heterocycles. The standard InChI is InChI=1S/C24H28F2IN3O2/c1-24(2,3)28-22(31)17-6-4-5-16(11-17)14-29-9-10-30(15-19(29)13-25)23(32)18-7-8-21(27)20(26)12-18/h4-8,11-12,19H,9-10,13-15H2,1-3H3,(H,28,31). The van der Waals surface area contributed by atoms with Crippen molar-refractivity contribution in [3.8, 4) is 0 Å². The number of rotatable bonds is 5. The molecule has 0 radical (unpaired) electrons. The van der Waals surface area contributed by atoms with Crippen LogP contribution in [0.3, 0.4) is 0 Å². The van der Waals surface area contributed by atoms with E-state index in [2.05, 4.69) is 5.32 Å². The maximum absolute atomic E-state index is 13.9. The first-order valence-corrected chi connectivity index (χ1v) is 11.6. The molecule has 1 aliphatic heterocycles. The van der Waals surface area contributed by atoms with E-state index in [-0.39, 0.29) is 29.5 Å². The topological polar surface area (TPSA) is 52.7 Å². The van der Waals surface area contributed by atoms with Crippen molar-refractivity contribution in [1.82, 2.24) is 15.1 Å². The van der Waals surface area contributed by atoms with E-state index in [1.165, 1.54) is 6.07 Å². The van der Waals surface area contributed by atoms with E-state index in [1.54, 1.807) is 23.1 Å². The summed E-state index contributed by atoms with van der Waals surface area (Å²) < 4.78 is 28.2. The van der Waals surface area contributed by atoms with Crippen LogP contribution in [0.15, 0.2) is 42.5 Å². The Morgan fingerprint density at radius 2 is 1.88 bits per heavy atom. The van der Waals surface area contributed by atoms with E-state index < -0.39 is 18.5 Å². The molecule has 0 saturated carbocycles. The second kappa shape index (κ2) is 10.2. The van der Waals surface area contributed by atoms with Gasteiger partial charge in [-0.05, 0) is 79.3 Å². The van der Waals surface area contributed by atoms with Crippen LogP contribution in [0.25, 0.3) is 0 Å². The van der Waals surface area contributed by atoms with E-state index in [4.69, 9.17) is 0 Å². The van der Waals surface area contributed by atoms with Gasteiger partial charge in [-0.3, -0.25) is 14.5 Å². The summed E-state index contributed by atoms with van der Waals surface area (Å²) >= 11 is 1.87. The molecule has 5 nitrogen and oxygen atoms in total. The number of nitrogens with one attached hydrogen (secondary N) is 1. The molecule has 32 heavy (non-hydrogen) atoms. The molecular formula is C24H28F2IN3O2. The monoisotopic (exact) mass is 555 g/mol. The van der Waals surface area contributed by atoms with Crippen LogP contribution >= 0.6 is 22.6 Å². The molecule has 172 valence electrons. The zero-order chi connectivity index (χ0) is 23.5. The largest absolute Gasteiger partial charge is 0.347 e. The lowest BCUT2D eigenvalue weighted by Gasteiger charge is -2.40. The van der Waals surface area contributed by atoms with Gasteiger partial charge in [-0.25, -0.2) is 8.78 Å². The highest BCUT2D eigenvalue weighted by Gasteiger charge is 2.30. The second-order valence-electron chi connectivity index (χ2n) is 9.06. The summed E-state index contributed by atoms with van der Waals surface area (Å²) in [5.74, 6) is -0.881. The molecule has 1 N–H and O–H groups in total. The summed E-state index contributed by atoms with van der Waals surface area (Å²) in [6, 6.07) is 11.2. The van der Waals surface area contributed by atoms with Crippen LogP contribution in [0.1, 0.15) is 47.1 Å². The number of amides is 2. The van der Waals surface area contributed by atoms with E-state index in [9.17, 15) is 18.4 Å². The van der Waals surface area contributed by atoms with Crippen LogP contribution in [0.2, 0.25) is 0 Å². The Bertz CT molecular complexity index is 993. The summed E-state index contributed by atoms with van der Waals surface area (Å²) in [6.45, 7) is 6.79. The summed E-state index contributed by atoms with van der Waals surface area (Å²) in [5, 5.41) is 2.94. The Kier molecular flexibility index (Phi) is 7.87. The smallest absolute Gasteiger partial charge is 0.254 e. The highest BCUT2D eigenvalue weighted by molar-refractivity contribution is 14.1. The van der Waals surface area contributed by atoms with Gasteiger partial charge in [0, 0.05) is 46.4 Å². The van der Waals surface area contributed by atoms with Crippen LogP contribution < -0.4 is 5.32 Å². The Morgan fingerprint density at radius 3 is 2.53 bits per heavy atom. The number of carbonyl (C=O) groups excluding carboxylic acids is 2. The van der Waals surface area contributed by atoms with Crippen LogP contribution in [0.5, 0.6) is 0 Å². The Balaban J connectivity index is 1.67. The van der Waals surface area contributed by atoms with Crippen molar-refractivity contribution < 1.29 is 18.4 Å². The van der Waals surface area contributed by atoms with Crippen molar-refractivity contribution >= 4 is 34.4 Å². The molecule has 0 aromatic heterocycles. The van der Waals surface area contributed by atoms with Gasteiger partial charge in [0.1, 0.15) is 12.5 Å². The number of alkyl halides is 1. The molecule has 2 aromatic rings. The van der Waals surface area contributed by atoms with Crippen molar-refractivity contribution in [3.05, 3.63) is 68.5 Å². The minimum Gasteiger partial charge on any atom is -0.347 e. The molecule has 3 rings (SSSR count). The molecule has 2 amide bonds. The van der Waals surface area contributed by atoms with Crippen molar-refractivity contribution in [2.45, 2.75) is 38.9 Å². The third kappa shape index (κ3) is 6.25. The average Bonchev–Trinajstić information content (AvgIpc) is 2.74. The number of halogens is 3. The van der Waals surface area contributed by atoms with E-state index in [0.29, 0.717) is 28.8 Å². The molecule has 8 heteroatoms. The Morgan fingerprint density at radius 1 is 1.12 bits per heavy atom. The molecule has 1 fully saturated rings. The fourth-order valence-corrected chi connectivity index (χ4v) is 4.04. The van der Waals surface area contributed by atoms with E-state index in [1.807, 2.05) is 66.5 Å². The second-order valence-corrected chi connectivity index (χ2v) is 10.2. The molecule has 0 aliphatic carbocycles. The van der Waals surface area contributed by atoms with Gasteiger partial charge in [0.05, 0.1) is 6.04 Å². The normalized spacial score (nSPS) is 17.3. The molecule has 1 unspecified atom stereocenters. The molecule has 2 aromatic carbocycles. The maximum atomic E-state index is 13.9. The van der Waals surface area contributed by atoms with Gasteiger partial charge >= 0.3 is 0 Å². The van der Waals surface area contributed by atoms with Crippen LogP contribution in [0.4, 0.5) is 8.78 Å². The van der Waals surface area contributed by atoms with E-state index >= 15 is 0 Å². The first-order chi connectivity index (χ1) is 15.1. The number of hydrogen-bond donors (Lipinski definition) is 1. The number of hydrogen-bond acceptors (Lipinski definition) is 3. The van der Waals surface area contributed by atoms with Gasteiger partial charge < -0.3 is 10.2 Å². The van der Waals surface area contributed by atoms with Gasteiger partial charge in [0.15, 0.2) is 0 Å². The van der Waals surface area contributed by atoms with Crippen LogP contribution in [-0.4, -0.2) is 59.5 Å². The van der Waals surface area contributed by atoms with Crippen molar-refractivity contribution in [3.63, 3.8) is 0 Å². The third-order valence-corrected chi connectivity index (χ3v) is 6.17. The lowest BCUT2D eigenvalue weighted by Crippen LogP contribution is -2.55. The number of nitrogens with zero attached hydrogens (tertiary/aromatic N) is 2. The summed E-state index contributed by atoms with van der Waals surface area (Å²) in [7, 11) is 0. The van der Waals surface area contributed by atoms with E-state index in [0.717, 1.165) is 5.56 Å². The maximum Gasteiger partial charge on any atom is 0.254 e. The molecule has 1 aliphatic rings. The number of piperazine rings is 1. The predicted molar refractivity (Wildman–Crippen MR) is 129 cm³/mol. The minimum atomic E-state index is -0.602. The van der Waals surface area contributed by atoms with Gasteiger partial charge in [-0.2, -0.15) is 0 Å². The minimum absolute atomic E-state index is 0.151. The fourth-order valence-electron chi connectivity index (χ4n) is 3.70. The summed E-state index contributed by atoms with van der Waals surface area (Å²) in [6.07, 6.45) is 0. The SMILES string of the molecule is CC(C)(C)NC(=O)c1cccc(CN2CCN(C(=O)c3ccc(I)c(F)c3)CC2CF)c1. The Labute approximate surface area is 201 Å². The van der Waals surface area contributed by atoms with Gasteiger partial charge in [-0.15, -0.1) is 0 Å². The quantitative estimate of drug-likeness (QED) is 0.562. The van der Waals surface area contributed by atoms with Crippen LogP contribution in [-0.2, 0) is 6.54 Å². The summed E-state index contributed by atoms with van der Waals surface area (Å²) in [5.41, 5.74) is 1.40.